The third kappa shape index (κ3) is 5.63. The first kappa shape index (κ1) is 25.1. The number of halogens is 2. The van der Waals surface area contributed by atoms with Gasteiger partial charge in [0, 0.05) is 17.6 Å². The van der Waals surface area contributed by atoms with Crippen LogP contribution >= 0.6 is 31.9 Å². The van der Waals surface area contributed by atoms with Crippen LogP contribution in [0.1, 0.15) is 11.1 Å². The maximum atomic E-state index is 13.1. The first-order chi connectivity index (χ1) is 16.7. The fraction of sp³-hybridized carbons (Fsp3) is 0.250. The minimum atomic E-state index is -0.808. The van der Waals surface area contributed by atoms with Crippen LogP contribution in [0.15, 0.2) is 50.9 Å². The molecule has 2 saturated heterocycles. The molecule has 4 rings (SSSR count). The van der Waals surface area contributed by atoms with E-state index in [4.69, 9.17) is 9.47 Å². The van der Waals surface area contributed by atoms with Crippen LogP contribution in [0.25, 0.3) is 6.08 Å². The lowest BCUT2D eigenvalue weighted by Gasteiger charge is -2.27. The highest BCUT2D eigenvalue weighted by atomic mass is 79.9. The van der Waals surface area contributed by atoms with Gasteiger partial charge >= 0.3 is 6.03 Å². The van der Waals surface area contributed by atoms with E-state index in [0.29, 0.717) is 53.3 Å². The number of anilines is 1. The normalized spacial score (nSPS) is 17.6. The van der Waals surface area contributed by atoms with Crippen molar-refractivity contribution in [1.82, 2.24) is 10.2 Å². The number of carbonyl (C=O) groups excluding carboxylic acids is 4. The standard InChI is InChI=1S/C24H21Br2N3O6/c1-14-10-16(25)3-4-19(14)29-23(32)17(22(31)27-24(29)33)11-15-2-5-20(18(26)12-15)35-13-21(30)28-6-8-34-9-7-28/h2-5,10-12H,6-9,13H2,1H3,(H,27,31,33)/b17-11+. The Kier molecular flexibility index (Phi) is 7.68. The van der Waals surface area contributed by atoms with Gasteiger partial charge in [-0.2, -0.15) is 0 Å². The first-order valence-corrected chi connectivity index (χ1v) is 12.3. The lowest BCUT2D eigenvalue weighted by Crippen LogP contribution is -2.54. The van der Waals surface area contributed by atoms with Crippen LogP contribution in [0.2, 0.25) is 0 Å². The number of imide groups is 2. The van der Waals surface area contributed by atoms with Crippen LogP contribution in [-0.4, -0.2) is 61.6 Å². The molecule has 0 aromatic heterocycles. The molecule has 182 valence electrons. The molecule has 0 radical (unpaired) electrons. The molecule has 11 heteroatoms. The Morgan fingerprint density at radius 2 is 1.86 bits per heavy atom. The van der Waals surface area contributed by atoms with Gasteiger partial charge in [0.05, 0.1) is 23.4 Å². The molecule has 35 heavy (non-hydrogen) atoms. The fourth-order valence-electron chi connectivity index (χ4n) is 3.68. The largest absolute Gasteiger partial charge is 0.483 e. The summed E-state index contributed by atoms with van der Waals surface area (Å²) >= 11 is 6.77. The van der Waals surface area contributed by atoms with Crippen molar-refractivity contribution in [2.24, 2.45) is 0 Å². The van der Waals surface area contributed by atoms with E-state index < -0.39 is 17.8 Å². The molecule has 2 aliphatic rings. The molecule has 2 aromatic carbocycles. The molecule has 0 spiro atoms. The second kappa shape index (κ2) is 10.7. The summed E-state index contributed by atoms with van der Waals surface area (Å²) in [6, 6.07) is 9.25. The molecule has 0 saturated carbocycles. The quantitative estimate of drug-likeness (QED) is 0.413. The van der Waals surface area contributed by atoms with Crippen molar-refractivity contribution in [2.45, 2.75) is 6.92 Å². The van der Waals surface area contributed by atoms with Gasteiger partial charge < -0.3 is 14.4 Å². The van der Waals surface area contributed by atoms with Gasteiger partial charge in [-0.15, -0.1) is 0 Å². The molecule has 0 aliphatic carbocycles. The number of urea groups is 1. The van der Waals surface area contributed by atoms with Crippen molar-refractivity contribution in [1.29, 1.82) is 0 Å². The Balaban J connectivity index is 1.52. The number of morpholine rings is 1. The van der Waals surface area contributed by atoms with Gasteiger partial charge in [0.25, 0.3) is 17.7 Å². The van der Waals surface area contributed by atoms with Crippen molar-refractivity contribution in [3.8, 4) is 5.75 Å². The van der Waals surface area contributed by atoms with Gasteiger partial charge in [-0.1, -0.05) is 22.0 Å². The lowest BCUT2D eigenvalue weighted by molar-refractivity contribution is -0.137. The summed E-state index contributed by atoms with van der Waals surface area (Å²) in [6.45, 7) is 3.73. The summed E-state index contributed by atoms with van der Waals surface area (Å²) in [5.41, 5.74) is 1.41. The molecule has 0 unspecified atom stereocenters. The highest BCUT2D eigenvalue weighted by Crippen LogP contribution is 2.30. The van der Waals surface area contributed by atoms with Crippen molar-refractivity contribution in [3.63, 3.8) is 0 Å². The van der Waals surface area contributed by atoms with E-state index in [9.17, 15) is 19.2 Å². The van der Waals surface area contributed by atoms with Crippen LogP contribution < -0.4 is 15.0 Å². The number of amides is 5. The third-order valence-corrected chi connectivity index (χ3v) is 6.60. The monoisotopic (exact) mass is 605 g/mol. The minimum Gasteiger partial charge on any atom is -0.483 e. The summed E-state index contributed by atoms with van der Waals surface area (Å²) in [6.07, 6.45) is 1.40. The number of hydrogen-bond donors (Lipinski definition) is 1. The van der Waals surface area contributed by atoms with Crippen molar-refractivity contribution >= 4 is 67.4 Å². The van der Waals surface area contributed by atoms with Crippen LogP contribution in [0.5, 0.6) is 5.75 Å². The Hall–Kier alpha value is -3.02. The van der Waals surface area contributed by atoms with Crippen LogP contribution in [0.3, 0.4) is 0 Å². The lowest BCUT2D eigenvalue weighted by atomic mass is 10.1. The Labute approximate surface area is 218 Å². The summed E-state index contributed by atoms with van der Waals surface area (Å²) in [5.74, 6) is -1.20. The Bertz CT molecular complexity index is 1240. The molecule has 2 heterocycles. The van der Waals surface area contributed by atoms with E-state index in [0.717, 1.165) is 9.37 Å². The smallest absolute Gasteiger partial charge is 0.335 e. The zero-order chi connectivity index (χ0) is 25.1. The highest BCUT2D eigenvalue weighted by molar-refractivity contribution is 9.10. The summed E-state index contributed by atoms with van der Waals surface area (Å²) < 4.78 is 12.2. The molecule has 2 fully saturated rings. The van der Waals surface area contributed by atoms with Crippen molar-refractivity contribution in [3.05, 3.63) is 62.0 Å². The van der Waals surface area contributed by atoms with Gasteiger partial charge in [-0.3, -0.25) is 19.7 Å². The SMILES string of the molecule is Cc1cc(Br)ccc1N1C(=O)NC(=O)/C(=C\c2ccc(OCC(=O)N3CCOCC3)c(Br)c2)C1=O. The summed E-state index contributed by atoms with van der Waals surface area (Å²) in [4.78, 5) is 53.0. The van der Waals surface area contributed by atoms with Gasteiger partial charge in [-0.25, -0.2) is 9.69 Å². The molecule has 2 aromatic rings. The molecule has 9 nitrogen and oxygen atoms in total. The molecule has 0 atom stereocenters. The molecular formula is C24H21Br2N3O6. The zero-order valence-electron chi connectivity index (χ0n) is 18.7. The number of carbonyl (C=O) groups is 4. The van der Waals surface area contributed by atoms with E-state index in [1.54, 1.807) is 48.2 Å². The second-order valence-electron chi connectivity index (χ2n) is 7.86. The number of barbiturate groups is 1. The second-order valence-corrected chi connectivity index (χ2v) is 9.63. The first-order valence-electron chi connectivity index (χ1n) is 10.7. The van der Waals surface area contributed by atoms with Gasteiger partial charge in [0.1, 0.15) is 11.3 Å². The summed E-state index contributed by atoms with van der Waals surface area (Å²) in [5, 5.41) is 2.22. The number of ether oxygens (including phenoxy) is 2. The van der Waals surface area contributed by atoms with Gasteiger partial charge in [-0.05, 0) is 70.4 Å². The highest BCUT2D eigenvalue weighted by Gasteiger charge is 2.37. The number of rotatable bonds is 5. The zero-order valence-corrected chi connectivity index (χ0v) is 21.8. The average Bonchev–Trinajstić information content (AvgIpc) is 2.82. The van der Waals surface area contributed by atoms with Gasteiger partial charge in [0.15, 0.2) is 6.61 Å². The topological polar surface area (TPSA) is 105 Å². The predicted octanol–water partition coefficient (Wildman–Crippen LogP) is 3.42. The molecule has 2 aliphatic heterocycles. The number of hydrogen-bond acceptors (Lipinski definition) is 6. The maximum absolute atomic E-state index is 13.1. The average molecular weight is 607 g/mol. The van der Waals surface area contributed by atoms with E-state index in [1.807, 2.05) is 0 Å². The molecule has 1 N–H and O–H groups in total. The van der Waals surface area contributed by atoms with E-state index in [2.05, 4.69) is 37.2 Å². The van der Waals surface area contributed by atoms with Crippen molar-refractivity contribution in [2.75, 3.05) is 37.8 Å². The van der Waals surface area contributed by atoms with E-state index >= 15 is 0 Å². The maximum Gasteiger partial charge on any atom is 0.335 e. The molecule has 0 bridgehead atoms. The van der Waals surface area contributed by atoms with Crippen LogP contribution in [0.4, 0.5) is 10.5 Å². The summed E-state index contributed by atoms with van der Waals surface area (Å²) in [7, 11) is 0. The van der Waals surface area contributed by atoms with Crippen molar-refractivity contribution < 1.29 is 28.7 Å². The van der Waals surface area contributed by atoms with Crippen LogP contribution in [-0.2, 0) is 19.1 Å². The van der Waals surface area contributed by atoms with E-state index in [-0.39, 0.29) is 18.1 Å². The minimum absolute atomic E-state index is 0.121. The fourth-order valence-corrected chi connectivity index (χ4v) is 4.67. The number of nitrogens with zero attached hydrogens (tertiary/aromatic N) is 2. The van der Waals surface area contributed by atoms with E-state index in [1.165, 1.54) is 6.08 Å². The van der Waals surface area contributed by atoms with Crippen LogP contribution in [0, 0.1) is 6.92 Å². The van der Waals surface area contributed by atoms with Gasteiger partial charge in [0.2, 0.25) is 0 Å². The molecular weight excluding hydrogens is 586 g/mol. The Morgan fingerprint density at radius 3 is 2.54 bits per heavy atom. The molecule has 5 amide bonds. The predicted molar refractivity (Wildman–Crippen MR) is 135 cm³/mol. The number of benzene rings is 2. The Morgan fingerprint density at radius 1 is 1.11 bits per heavy atom. The number of nitrogens with one attached hydrogen (secondary N) is 1. The third-order valence-electron chi connectivity index (χ3n) is 5.48. The number of aryl methyl sites for hydroxylation is 1.